The molecule has 1 aromatic heterocycles. The number of rotatable bonds is 4. The molecule has 0 fully saturated rings. The van der Waals surface area contributed by atoms with Gasteiger partial charge in [-0.3, -0.25) is 10.7 Å². The molecule has 17 heavy (non-hydrogen) atoms. The lowest BCUT2D eigenvalue weighted by Crippen LogP contribution is -1.96. The molecule has 0 unspecified atom stereocenters. The molecular formula is C12H13N3O2. The molecule has 0 aliphatic carbocycles. The SMILES string of the molecule is COc1cccc(Nc2cc(NO)ccn2)c1. The van der Waals surface area contributed by atoms with E-state index in [1.807, 2.05) is 24.3 Å². The zero-order valence-electron chi connectivity index (χ0n) is 9.34. The number of anilines is 3. The van der Waals surface area contributed by atoms with Gasteiger partial charge < -0.3 is 10.1 Å². The number of benzene rings is 1. The van der Waals surface area contributed by atoms with Crippen molar-refractivity contribution in [3.63, 3.8) is 0 Å². The largest absolute Gasteiger partial charge is 0.497 e. The fourth-order valence-corrected chi connectivity index (χ4v) is 1.42. The molecule has 5 heteroatoms. The number of pyridine rings is 1. The van der Waals surface area contributed by atoms with E-state index in [4.69, 9.17) is 9.94 Å². The first-order valence-corrected chi connectivity index (χ1v) is 5.09. The van der Waals surface area contributed by atoms with E-state index in [2.05, 4.69) is 15.8 Å². The van der Waals surface area contributed by atoms with E-state index in [1.54, 1.807) is 25.4 Å². The molecule has 1 heterocycles. The Labute approximate surface area is 99.0 Å². The second-order valence-electron chi connectivity index (χ2n) is 3.40. The highest BCUT2D eigenvalue weighted by molar-refractivity contribution is 5.61. The fourth-order valence-electron chi connectivity index (χ4n) is 1.42. The highest BCUT2D eigenvalue weighted by Gasteiger charge is 1.99. The Morgan fingerprint density at radius 2 is 2.06 bits per heavy atom. The van der Waals surface area contributed by atoms with Crippen LogP contribution in [0.3, 0.4) is 0 Å². The Hall–Kier alpha value is -2.27. The maximum absolute atomic E-state index is 8.78. The number of methoxy groups -OCH3 is 1. The summed E-state index contributed by atoms with van der Waals surface area (Å²) in [5.41, 5.74) is 3.51. The van der Waals surface area contributed by atoms with Crippen molar-refractivity contribution in [1.29, 1.82) is 0 Å². The van der Waals surface area contributed by atoms with Crippen molar-refractivity contribution >= 4 is 17.2 Å². The quantitative estimate of drug-likeness (QED) is 0.706. The Bertz CT molecular complexity index is 457. The summed E-state index contributed by atoms with van der Waals surface area (Å²) in [7, 11) is 1.62. The number of nitrogens with zero attached hydrogens (tertiary/aromatic N) is 1. The summed E-state index contributed by atoms with van der Waals surface area (Å²) < 4.78 is 5.12. The first kappa shape index (κ1) is 11.2. The van der Waals surface area contributed by atoms with E-state index in [1.165, 1.54) is 0 Å². The molecule has 0 saturated heterocycles. The molecule has 0 aliphatic rings. The predicted octanol–water partition coefficient (Wildman–Crippen LogP) is 2.63. The van der Waals surface area contributed by atoms with Gasteiger partial charge in [0.05, 0.1) is 12.8 Å². The molecule has 0 amide bonds. The third kappa shape index (κ3) is 2.85. The van der Waals surface area contributed by atoms with E-state index < -0.39 is 0 Å². The van der Waals surface area contributed by atoms with Gasteiger partial charge in [-0.15, -0.1) is 0 Å². The summed E-state index contributed by atoms with van der Waals surface area (Å²) in [6, 6.07) is 10.9. The second-order valence-corrected chi connectivity index (χ2v) is 3.40. The predicted molar refractivity (Wildman–Crippen MR) is 65.9 cm³/mol. The van der Waals surface area contributed by atoms with Gasteiger partial charge in [0.15, 0.2) is 0 Å². The Kier molecular flexibility index (Phi) is 3.42. The third-order valence-electron chi connectivity index (χ3n) is 2.23. The average molecular weight is 231 g/mol. The maximum Gasteiger partial charge on any atom is 0.132 e. The van der Waals surface area contributed by atoms with Crippen LogP contribution >= 0.6 is 0 Å². The van der Waals surface area contributed by atoms with Crippen molar-refractivity contribution in [2.75, 3.05) is 17.9 Å². The zero-order chi connectivity index (χ0) is 12.1. The lowest BCUT2D eigenvalue weighted by atomic mass is 10.3. The molecule has 0 saturated carbocycles. The minimum atomic E-state index is 0.574. The maximum atomic E-state index is 8.78. The molecule has 2 aromatic rings. The van der Waals surface area contributed by atoms with Crippen LogP contribution in [0.5, 0.6) is 5.75 Å². The molecule has 1 aromatic carbocycles. The molecule has 0 spiro atoms. The summed E-state index contributed by atoms with van der Waals surface area (Å²) in [5.74, 6) is 1.41. The van der Waals surface area contributed by atoms with Crippen molar-refractivity contribution < 1.29 is 9.94 Å². The van der Waals surface area contributed by atoms with Gasteiger partial charge in [0.2, 0.25) is 0 Å². The Morgan fingerprint density at radius 3 is 2.82 bits per heavy atom. The number of aromatic nitrogens is 1. The highest BCUT2D eigenvalue weighted by Crippen LogP contribution is 2.21. The lowest BCUT2D eigenvalue weighted by molar-refractivity contribution is 0.389. The van der Waals surface area contributed by atoms with Gasteiger partial charge in [-0.25, -0.2) is 4.98 Å². The second kappa shape index (κ2) is 5.18. The summed E-state index contributed by atoms with van der Waals surface area (Å²) >= 11 is 0. The monoisotopic (exact) mass is 231 g/mol. The minimum Gasteiger partial charge on any atom is -0.497 e. The van der Waals surface area contributed by atoms with Crippen LogP contribution < -0.4 is 15.5 Å². The van der Waals surface area contributed by atoms with Gasteiger partial charge in [-0.1, -0.05) is 6.07 Å². The van der Waals surface area contributed by atoms with Crippen LogP contribution in [0.25, 0.3) is 0 Å². The van der Waals surface area contributed by atoms with Crippen LogP contribution in [-0.4, -0.2) is 17.3 Å². The lowest BCUT2D eigenvalue weighted by Gasteiger charge is -2.08. The topological polar surface area (TPSA) is 66.4 Å². The van der Waals surface area contributed by atoms with Crippen molar-refractivity contribution in [3.8, 4) is 5.75 Å². The van der Waals surface area contributed by atoms with Crippen LogP contribution in [-0.2, 0) is 0 Å². The molecule has 0 bridgehead atoms. The van der Waals surface area contributed by atoms with Gasteiger partial charge in [0, 0.05) is 24.0 Å². The smallest absolute Gasteiger partial charge is 0.132 e. The van der Waals surface area contributed by atoms with Gasteiger partial charge in [-0.2, -0.15) is 0 Å². The summed E-state index contributed by atoms with van der Waals surface area (Å²) in [6.07, 6.45) is 1.60. The van der Waals surface area contributed by atoms with Gasteiger partial charge in [0.1, 0.15) is 11.6 Å². The normalized spacial score (nSPS) is 9.76. The summed E-state index contributed by atoms with van der Waals surface area (Å²) in [4.78, 5) is 4.14. The Morgan fingerprint density at radius 1 is 1.18 bits per heavy atom. The van der Waals surface area contributed by atoms with E-state index >= 15 is 0 Å². The molecule has 88 valence electrons. The van der Waals surface area contributed by atoms with Crippen molar-refractivity contribution in [2.24, 2.45) is 0 Å². The minimum absolute atomic E-state index is 0.574. The number of hydrogen-bond acceptors (Lipinski definition) is 5. The molecule has 0 radical (unpaired) electrons. The number of ether oxygens (including phenoxy) is 1. The molecule has 3 N–H and O–H groups in total. The van der Waals surface area contributed by atoms with Gasteiger partial charge in [0.25, 0.3) is 0 Å². The van der Waals surface area contributed by atoms with Crippen LogP contribution in [0.15, 0.2) is 42.6 Å². The van der Waals surface area contributed by atoms with E-state index in [-0.39, 0.29) is 0 Å². The van der Waals surface area contributed by atoms with Crippen molar-refractivity contribution in [2.45, 2.75) is 0 Å². The van der Waals surface area contributed by atoms with E-state index in [9.17, 15) is 0 Å². The van der Waals surface area contributed by atoms with E-state index in [0.717, 1.165) is 11.4 Å². The average Bonchev–Trinajstić information content (AvgIpc) is 2.39. The molecule has 5 nitrogen and oxygen atoms in total. The molecule has 2 rings (SSSR count). The molecular weight excluding hydrogens is 218 g/mol. The van der Waals surface area contributed by atoms with Crippen LogP contribution in [0.2, 0.25) is 0 Å². The standard InChI is InChI=1S/C12H13N3O2/c1-17-11-4-2-3-9(7-11)14-12-8-10(15-16)5-6-13-12/h2-8,16H,1H3,(H2,13,14,15). The fraction of sp³-hybridized carbons (Fsp3) is 0.0833. The number of nitrogens with one attached hydrogen (secondary N) is 2. The van der Waals surface area contributed by atoms with Crippen molar-refractivity contribution in [3.05, 3.63) is 42.6 Å². The first-order valence-electron chi connectivity index (χ1n) is 5.09. The molecule has 0 aliphatic heterocycles. The van der Waals surface area contributed by atoms with Crippen molar-refractivity contribution in [1.82, 2.24) is 4.98 Å². The van der Waals surface area contributed by atoms with Crippen LogP contribution in [0.4, 0.5) is 17.2 Å². The zero-order valence-corrected chi connectivity index (χ0v) is 9.34. The first-order chi connectivity index (χ1) is 8.31. The number of hydrogen-bond donors (Lipinski definition) is 3. The summed E-state index contributed by atoms with van der Waals surface area (Å²) in [5, 5.41) is 11.9. The highest BCUT2D eigenvalue weighted by atomic mass is 16.5. The van der Waals surface area contributed by atoms with Crippen LogP contribution in [0.1, 0.15) is 0 Å². The third-order valence-corrected chi connectivity index (χ3v) is 2.23. The van der Waals surface area contributed by atoms with Gasteiger partial charge >= 0.3 is 0 Å². The summed E-state index contributed by atoms with van der Waals surface area (Å²) in [6.45, 7) is 0. The molecule has 0 atom stereocenters. The van der Waals surface area contributed by atoms with Gasteiger partial charge in [-0.05, 0) is 18.2 Å². The Balaban J connectivity index is 2.18. The van der Waals surface area contributed by atoms with E-state index in [0.29, 0.717) is 11.5 Å². The van der Waals surface area contributed by atoms with Crippen LogP contribution in [0, 0.1) is 0 Å².